The summed E-state index contributed by atoms with van der Waals surface area (Å²) in [5.41, 5.74) is -0.567. The first kappa shape index (κ1) is 22.9. The highest BCUT2D eigenvalue weighted by atomic mass is 35.5. The average Bonchev–Trinajstić information content (AvgIpc) is 3.01. The first-order valence-electron chi connectivity index (χ1n) is 8.98. The van der Waals surface area contributed by atoms with Gasteiger partial charge in [-0.1, -0.05) is 23.2 Å². The van der Waals surface area contributed by atoms with Crippen LogP contribution in [0.15, 0.2) is 59.8 Å². The number of carbonyl (C=O) groups is 2. The van der Waals surface area contributed by atoms with Gasteiger partial charge in [0, 0.05) is 6.20 Å². The molecule has 13 heteroatoms. The summed E-state index contributed by atoms with van der Waals surface area (Å²) in [7, 11) is -4.27. The molecular weight excluding hydrogens is 503 g/mol. The maximum atomic E-state index is 13.1. The molecular formula is C20H11Cl2F2N3O5S. The molecule has 0 unspecified atom stereocenters. The van der Waals surface area contributed by atoms with Crippen molar-refractivity contribution in [3.63, 3.8) is 0 Å². The molecule has 2 amide bonds. The minimum absolute atomic E-state index is 0.0581. The monoisotopic (exact) mass is 513 g/mol. The number of ether oxygens (including phenoxy) is 1. The van der Waals surface area contributed by atoms with Crippen molar-refractivity contribution < 1.29 is 31.5 Å². The fraction of sp³-hybridized carbons (Fsp3) is 0.0500. The average molecular weight is 514 g/mol. The maximum absolute atomic E-state index is 13.1. The Balaban J connectivity index is 1.71. The predicted molar refractivity (Wildman–Crippen MR) is 116 cm³/mol. The summed E-state index contributed by atoms with van der Waals surface area (Å²) in [6, 6.07) is 8.04. The van der Waals surface area contributed by atoms with E-state index in [1.165, 1.54) is 30.6 Å². The predicted octanol–water partition coefficient (Wildman–Crippen LogP) is 4.59. The number of carbonyl (C=O) groups excluding carboxylic acids is 2. The number of nitrogens with one attached hydrogen (secondary N) is 1. The van der Waals surface area contributed by atoms with Gasteiger partial charge in [0.2, 0.25) is 0 Å². The van der Waals surface area contributed by atoms with Crippen molar-refractivity contribution in [2.75, 3.05) is 9.62 Å². The molecule has 0 bridgehead atoms. The van der Waals surface area contributed by atoms with Gasteiger partial charge >= 0.3 is 6.61 Å². The summed E-state index contributed by atoms with van der Waals surface area (Å²) in [5.74, 6) is -1.85. The van der Waals surface area contributed by atoms with Gasteiger partial charge in [0.05, 0.1) is 43.6 Å². The van der Waals surface area contributed by atoms with Gasteiger partial charge in [-0.05, 0) is 42.5 Å². The minimum atomic E-state index is -4.27. The molecule has 1 aromatic heterocycles. The third-order valence-corrected chi connectivity index (χ3v) is 6.44. The van der Waals surface area contributed by atoms with Crippen LogP contribution in [0.2, 0.25) is 10.0 Å². The normalized spacial score (nSPS) is 13.4. The summed E-state index contributed by atoms with van der Waals surface area (Å²) < 4.78 is 56.7. The number of fused-ring (bicyclic) bond motifs is 1. The van der Waals surface area contributed by atoms with Gasteiger partial charge < -0.3 is 4.74 Å². The molecule has 2 heterocycles. The number of imide groups is 1. The van der Waals surface area contributed by atoms with E-state index < -0.39 is 28.4 Å². The molecule has 0 saturated heterocycles. The Morgan fingerprint density at radius 2 is 1.64 bits per heavy atom. The number of sulfonamides is 1. The summed E-state index contributed by atoms with van der Waals surface area (Å²) >= 11 is 12.0. The summed E-state index contributed by atoms with van der Waals surface area (Å²) in [6.07, 6.45) is 2.56. The molecule has 4 rings (SSSR count). The molecule has 0 radical (unpaired) electrons. The second kappa shape index (κ2) is 8.58. The quantitative estimate of drug-likeness (QED) is 0.483. The summed E-state index contributed by atoms with van der Waals surface area (Å²) in [6.45, 7) is -3.07. The van der Waals surface area contributed by atoms with E-state index >= 15 is 0 Å². The number of aromatic nitrogens is 1. The largest absolute Gasteiger partial charge is 0.435 e. The van der Waals surface area contributed by atoms with E-state index in [0.717, 1.165) is 29.2 Å². The van der Waals surface area contributed by atoms with Crippen LogP contribution >= 0.6 is 23.2 Å². The van der Waals surface area contributed by atoms with Gasteiger partial charge in [0.25, 0.3) is 21.8 Å². The van der Waals surface area contributed by atoms with E-state index in [-0.39, 0.29) is 43.2 Å². The topological polar surface area (TPSA) is 106 Å². The zero-order valence-electron chi connectivity index (χ0n) is 16.1. The molecule has 0 atom stereocenters. The van der Waals surface area contributed by atoms with Crippen molar-refractivity contribution in [2.24, 2.45) is 0 Å². The second-order valence-electron chi connectivity index (χ2n) is 6.61. The molecule has 170 valence electrons. The van der Waals surface area contributed by atoms with Gasteiger partial charge in [-0.25, -0.2) is 13.3 Å². The van der Waals surface area contributed by atoms with Crippen LogP contribution in [-0.2, 0) is 10.0 Å². The molecule has 1 aliphatic heterocycles. The number of nitrogens with zero attached hydrogens (tertiary/aromatic N) is 2. The lowest BCUT2D eigenvalue weighted by molar-refractivity contribution is -0.0498. The molecule has 0 fully saturated rings. The Labute approximate surface area is 195 Å². The van der Waals surface area contributed by atoms with Crippen molar-refractivity contribution in [3.05, 3.63) is 76.0 Å². The number of amides is 2. The highest BCUT2D eigenvalue weighted by Crippen LogP contribution is 2.38. The SMILES string of the molecule is O=C1c2c(Cl)ccc(NS(=O)(=O)c3ccc(OC(F)F)cc3)c2C(=O)N1c1cncc(Cl)c1. The molecule has 0 spiro atoms. The molecule has 3 aromatic rings. The van der Waals surface area contributed by atoms with Crippen molar-refractivity contribution in [3.8, 4) is 5.75 Å². The van der Waals surface area contributed by atoms with Crippen LogP contribution in [0, 0.1) is 0 Å². The van der Waals surface area contributed by atoms with Crippen molar-refractivity contribution in [2.45, 2.75) is 11.5 Å². The van der Waals surface area contributed by atoms with Crippen LogP contribution in [0.4, 0.5) is 20.2 Å². The Hall–Kier alpha value is -3.28. The first-order valence-corrected chi connectivity index (χ1v) is 11.2. The molecule has 1 aliphatic rings. The number of alkyl halides is 2. The van der Waals surface area contributed by atoms with E-state index in [4.69, 9.17) is 23.2 Å². The van der Waals surface area contributed by atoms with E-state index in [1.54, 1.807) is 0 Å². The number of hydrogen-bond acceptors (Lipinski definition) is 6. The molecule has 2 aromatic carbocycles. The molecule has 0 aliphatic carbocycles. The van der Waals surface area contributed by atoms with Gasteiger partial charge in [-0.15, -0.1) is 0 Å². The minimum Gasteiger partial charge on any atom is -0.435 e. The molecule has 33 heavy (non-hydrogen) atoms. The number of rotatable bonds is 6. The number of hydrogen-bond donors (Lipinski definition) is 1. The summed E-state index contributed by atoms with van der Waals surface area (Å²) in [4.78, 5) is 30.4. The van der Waals surface area contributed by atoms with E-state index in [1.807, 2.05) is 0 Å². The lowest BCUT2D eigenvalue weighted by Crippen LogP contribution is -2.29. The third-order valence-electron chi connectivity index (χ3n) is 4.54. The van der Waals surface area contributed by atoms with Gasteiger partial charge in [-0.3, -0.25) is 19.3 Å². The molecule has 1 N–H and O–H groups in total. The number of halogens is 4. The van der Waals surface area contributed by atoms with Crippen LogP contribution in [0.1, 0.15) is 20.7 Å². The molecule has 8 nitrogen and oxygen atoms in total. The Morgan fingerprint density at radius 1 is 0.970 bits per heavy atom. The zero-order valence-corrected chi connectivity index (χ0v) is 18.5. The van der Waals surface area contributed by atoms with Gasteiger partial charge in [0.1, 0.15) is 5.75 Å². The van der Waals surface area contributed by atoms with Crippen LogP contribution in [0.5, 0.6) is 5.75 Å². The number of anilines is 2. The molecule has 0 saturated carbocycles. The maximum Gasteiger partial charge on any atom is 0.387 e. The third kappa shape index (κ3) is 4.34. The van der Waals surface area contributed by atoms with Crippen molar-refractivity contribution in [1.82, 2.24) is 4.98 Å². The highest BCUT2D eigenvalue weighted by Gasteiger charge is 2.41. The van der Waals surface area contributed by atoms with Crippen molar-refractivity contribution >= 4 is 56.4 Å². The standard InChI is InChI=1S/C20H11Cl2F2N3O5S/c21-10-7-11(9-25-8-10)27-18(28)16-14(22)5-6-15(17(16)19(27)29)26-33(30,31)13-3-1-12(2-4-13)32-20(23)24/h1-9,20,26H. The van der Waals surface area contributed by atoms with Gasteiger partial charge in [-0.2, -0.15) is 8.78 Å². The van der Waals surface area contributed by atoms with E-state index in [0.29, 0.717) is 0 Å². The summed E-state index contributed by atoms with van der Waals surface area (Å²) in [5, 5.41) is 0.118. The first-order chi connectivity index (χ1) is 15.6. The highest BCUT2D eigenvalue weighted by molar-refractivity contribution is 7.92. The van der Waals surface area contributed by atoms with E-state index in [9.17, 15) is 26.8 Å². The second-order valence-corrected chi connectivity index (χ2v) is 9.13. The Bertz CT molecular complexity index is 1380. The van der Waals surface area contributed by atoms with Crippen LogP contribution in [0.3, 0.4) is 0 Å². The Kier molecular flexibility index (Phi) is 5.95. The fourth-order valence-corrected chi connectivity index (χ4v) is 4.65. The number of pyridine rings is 1. The lowest BCUT2D eigenvalue weighted by Gasteiger charge is -2.14. The fourth-order valence-electron chi connectivity index (χ4n) is 3.17. The van der Waals surface area contributed by atoms with Gasteiger partial charge in [0.15, 0.2) is 0 Å². The Morgan fingerprint density at radius 3 is 2.27 bits per heavy atom. The smallest absolute Gasteiger partial charge is 0.387 e. The van der Waals surface area contributed by atoms with E-state index in [2.05, 4.69) is 14.4 Å². The lowest BCUT2D eigenvalue weighted by atomic mass is 10.1. The van der Waals surface area contributed by atoms with Crippen LogP contribution in [0.25, 0.3) is 0 Å². The van der Waals surface area contributed by atoms with Crippen LogP contribution in [-0.4, -0.2) is 31.8 Å². The zero-order chi connectivity index (χ0) is 23.9. The van der Waals surface area contributed by atoms with Crippen molar-refractivity contribution in [1.29, 1.82) is 0 Å². The number of benzene rings is 2. The van der Waals surface area contributed by atoms with Crippen LogP contribution < -0.4 is 14.4 Å².